The van der Waals surface area contributed by atoms with Gasteiger partial charge in [0.25, 0.3) is 0 Å². The van der Waals surface area contributed by atoms with Crippen molar-refractivity contribution in [3.05, 3.63) is 34.6 Å². The van der Waals surface area contributed by atoms with Gasteiger partial charge in [-0.05, 0) is 19.1 Å². The number of benzene rings is 1. The van der Waals surface area contributed by atoms with Crippen molar-refractivity contribution in [3.63, 3.8) is 0 Å². The predicted octanol–water partition coefficient (Wildman–Crippen LogP) is 2.08. The number of carboxylic acids is 1. The van der Waals surface area contributed by atoms with Crippen molar-refractivity contribution in [2.24, 2.45) is 0 Å². The van der Waals surface area contributed by atoms with Crippen LogP contribution in [0.4, 0.5) is 4.39 Å². The molecule has 0 aliphatic rings. The van der Waals surface area contributed by atoms with Gasteiger partial charge in [0, 0.05) is 17.1 Å². The van der Waals surface area contributed by atoms with Crippen molar-refractivity contribution in [1.82, 2.24) is 4.90 Å². The second-order valence-electron chi connectivity index (χ2n) is 3.31. The van der Waals surface area contributed by atoms with E-state index in [0.29, 0.717) is 6.41 Å². The van der Waals surface area contributed by atoms with Gasteiger partial charge in [0.15, 0.2) is 6.04 Å². The average Bonchev–Trinajstić information content (AvgIpc) is 2.27. The molecule has 0 aromatic heterocycles. The van der Waals surface area contributed by atoms with Crippen LogP contribution in [-0.4, -0.2) is 28.9 Å². The normalized spacial score (nSPS) is 11.9. The molecule has 1 amide bonds. The number of rotatable bonds is 5. The van der Waals surface area contributed by atoms with E-state index in [-0.39, 0.29) is 17.1 Å². The molecule has 1 rings (SSSR count). The number of carbonyl (C=O) groups is 2. The maximum Gasteiger partial charge on any atom is 0.331 e. The largest absolute Gasteiger partial charge is 0.479 e. The number of aliphatic carboxylic acids is 1. The van der Waals surface area contributed by atoms with Crippen LogP contribution in [-0.2, 0) is 9.59 Å². The maximum absolute atomic E-state index is 13.6. The molecule has 0 aliphatic heterocycles. The molecule has 0 fully saturated rings. The van der Waals surface area contributed by atoms with Crippen LogP contribution in [0.15, 0.2) is 18.2 Å². The smallest absolute Gasteiger partial charge is 0.331 e. The predicted molar refractivity (Wildman–Crippen MR) is 60.2 cm³/mol. The Morgan fingerprint density at radius 1 is 1.65 bits per heavy atom. The fourth-order valence-electron chi connectivity index (χ4n) is 1.52. The summed E-state index contributed by atoms with van der Waals surface area (Å²) in [5.41, 5.74) is -0.199. The number of likely N-dealkylation sites (N-methyl/N-ethyl adjacent to an activating group) is 1. The number of carbonyl (C=O) groups excluding carboxylic acids is 1. The Morgan fingerprint density at radius 2 is 2.29 bits per heavy atom. The minimum atomic E-state index is -1.41. The van der Waals surface area contributed by atoms with Gasteiger partial charge in [0.1, 0.15) is 5.82 Å². The standard InChI is InChI=1S/C11H11ClFNO3/c1-2-14(6-15)10(11(16)17)9-7(12)4-3-5-8(9)13/h3-6,10H,2H2,1H3,(H,16,17). The summed E-state index contributed by atoms with van der Waals surface area (Å²) >= 11 is 5.78. The fourth-order valence-corrected chi connectivity index (χ4v) is 1.79. The number of amides is 1. The third-order valence-electron chi connectivity index (χ3n) is 2.34. The van der Waals surface area contributed by atoms with Crippen molar-refractivity contribution in [3.8, 4) is 0 Å². The van der Waals surface area contributed by atoms with E-state index in [0.717, 1.165) is 11.0 Å². The summed E-state index contributed by atoms with van der Waals surface area (Å²) in [6.45, 7) is 1.74. The Hall–Kier alpha value is -1.62. The zero-order valence-corrected chi connectivity index (χ0v) is 9.82. The number of nitrogens with zero attached hydrogens (tertiary/aromatic N) is 1. The van der Waals surface area contributed by atoms with Crippen LogP contribution >= 0.6 is 11.6 Å². The van der Waals surface area contributed by atoms with Crippen LogP contribution in [0.5, 0.6) is 0 Å². The number of halogens is 2. The first-order valence-corrected chi connectivity index (χ1v) is 5.28. The summed E-state index contributed by atoms with van der Waals surface area (Å²) < 4.78 is 13.6. The number of carboxylic acid groups (broad SMARTS) is 1. The van der Waals surface area contributed by atoms with Gasteiger partial charge in [-0.25, -0.2) is 9.18 Å². The van der Waals surface area contributed by atoms with Crippen LogP contribution in [0.25, 0.3) is 0 Å². The molecule has 4 nitrogen and oxygen atoms in total. The van der Waals surface area contributed by atoms with E-state index in [9.17, 15) is 14.0 Å². The van der Waals surface area contributed by atoms with Crippen LogP contribution in [0, 0.1) is 5.82 Å². The van der Waals surface area contributed by atoms with E-state index in [2.05, 4.69) is 0 Å². The first-order valence-electron chi connectivity index (χ1n) is 4.90. The van der Waals surface area contributed by atoms with E-state index in [4.69, 9.17) is 16.7 Å². The van der Waals surface area contributed by atoms with Crippen molar-refractivity contribution in [2.45, 2.75) is 13.0 Å². The number of hydrogen-bond donors (Lipinski definition) is 1. The fraction of sp³-hybridized carbons (Fsp3) is 0.273. The number of hydrogen-bond acceptors (Lipinski definition) is 2. The second kappa shape index (κ2) is 5.63. The zero-order valence-electron chi connectivity index (χ0n) is 9.06. The molecule has 17 heavy (non-hydrogen) atoms. The summed E-state index contributed by atoms with van der Waals surface area (Å²) in [6.07, 6.45) is 0.363. The Bertz CT molecular complexity index is 418. The molecule has 1 atom stereocenters. The summed E-state index contributed by atoms with van der Waals surface area (Å²) in [5, 5.41) is 9.07. The Kier molecular flexibility index (Phi) is 4.45. The minimum Gasteiger partial charge on any atom is -0.479 e. The lowest BCUT2D eigenvalue weighted by Crippen LogP contribution is -2.33. The van der Waals surface area contributed by atoms with Crippen LogP contribution in [0.2, 0.25) is 5.02 Å². The molecule has 0 aliphatic carbocycles. The van der Waals surface area contributed by atoms with Crippen molar-refractivity contribution in [1.29, 1.82) is 0 Å². The first kappa shape index (κ1) is 13.4. The van der Waals surface area contributed by atoms with Crippen LogP contribution in [0.1, 0.15) is 18.5 Å². The molecule has 1 N–H and O–H groups in total. The van der Waals surface area contributed by atoms with Gasteiger partial charge in [-0.15, -0.1) is 0 Å². The third-order valence-corrected chi connectivity index (χ3v) is 2.67. The molecule has 1 aromatic carbocycles. The molecule has 6 heteroatoms. The van der Waals surface area contributed by atoms with Gasteiger partial charge in [0.05, 0.1) is 0 Å². The van der Waals surface area contributed by atoms with Gasteiger partial charge in [0.2, 0.25) is 6.41 Å². The lowest BCUT2D eigenvalue weighted by atomic mass is 10.0. The van der Waals surface area contributed by atoms with Crippen LogP contribution in [0.3, 0.4) is 0 Å². The average molecular weight is 260 g/mol. The maximum atomic E-state index is 13.6. The molecular weight excluding hydrogens is 249 g/mol. The molecule has 0 spiro atoms. The van der Waals surface area contributed by atoms with Crippen LogP contribution < -0.4 is 0 Å². The lowest BCUT2D eigenvalue weighted by molar-refractivity contribution is -0.146. The highest BCUT2D eigenvalue weighted by atomic mass is 35.5. The van der Waals surface area contributed by atoms with E-state index in [1.807, 2.05) is 0 Å². The molecule has 92 valence electrons. The first-order chi connectivity index (χ1) is 8.02. The molecule has 0 heterocycles. The molecule has 0 saturated carbocycles. The zero-order chi connectivity index (χ0) is 13.0. The Morgan fingerprint density at radius 3 is 2.71 bits per heavy atom. The van der Waals surface area contributed by atoms with E-state index < -0.39 is 17.8 Å². The molecule has 0 saturated heterocycles. The van der Waals surface area contributed by atoms with E-state index in [1.54, 1.807) is 6.92 Å². The molecule has 0 bridgehead atoms. The summed E-state index contributed by atoms with van der Waals surface area (Å²) in [7, 11) is 0. The minimum absolute atomic E-state index is 0.0160. The van der Waals surface area contributed by atoms with Crippen molar-refractivity contribution >= 4 is 24.0 Å². The lowest BCUT2D eigenvalue weighted by Gasteiger charge is -2.24. The molecule has 1 aromatic rings. The van der Waals surface area contributed by atoms with Gasteiger partial charge in [-0.1, -0.05) is 17.7 Å². The summed E-state index contributed by atoms with van der Waals surface area (Å²) in [4.78, 5) is 22.9. The highest BCUT2D eigenvalue weighted by molar-refractivity contribution is 6.31. The summed E-state index contributed by atoms with van der Waals surface area (Å²) in [6, 6.07) is 2.45. The Labute approximate surface area is 103 Å². The van der Waals surface area contributed by atoms with Gasteiger partial charge < -0.3 is 10.0 Å². The molecule has 0 radical (unpaired) electrons. The summed E-state index contributed by atoms with van der Waals surface area (Å²) in [5.74, 6) is -2.07. The Balaban J connectivity index is 3.32. The second-order valence-corrected chi connectivity index (χ2v) is 3.72. The van der Waals surface area contributed by atoms with Crippen molar-refractivity contribution < 1.29 is 19.1 Å². The van der Waals surface area contributed by atoms with Crippen molar-refractivity contribution in [2.75, 3.05) is 6.54 Å². The SMILES string of the molecule is CCN(C=O)C(C(=O)O)c1c(F)cccc1Cl. The topological polar surface area (TPSA) is 57.6 Å². The molecular formula is C11H11ClFNO3. The van der Waals surface area contributed by atoms with Gasteiger partial charge in [-0.2, -0.15) is 0 Å². The molecule has 1 unspecified atom stereocenters. The highest BCUT2D eigenvalue weighted by Crippen LogP contribution is 2.29. The third kappa shape index (κ3) is 2.74. The highest BCUT2D eigenvalue weighted by Gasteiger charge is 2.30. The quantitative estimate of drug-likeness (QED) is 0.824. The monoisotopic (exact) mass is 259 g/mol. The van der Waals surface area contributed by atoms with Gasteiger partial charge in [-0.3, -0.25) is 4.79 Å². The van der Waals surface area contributed by atoms with E-state index >= 15 is 0 Å². The van der Waals surface area contributed by atoms with Gasteiger partial charge >= 0.3 is 5.97 Å². The van der Waals surface area contributed by atoms with E-state index in [1.165, 1.54) is 12.1 Å².